The molecule has 0 saturated heterocycles. The minimum absolute atomic E-state index is 0.0206. The van der Waals surface area contributed by atoms with Gasteiger partial charge in [0, 0.05) is 12.1 Å². The number of hydrogen-bond donors (Lipinski definition) is 1. The average molecular weight is 353 g/mol. The summed E-state index contributed by atoms with van der Waals surface area (Å²) in [7, 11) is 0. The molecule has 0 saturated carbocycles. The van der Waals surface area contributed by atoms with E-state index >= 15 is 0 Å². The molecule has 0 heterocycles. The summed E-state index contributed by atoms with van der Waals surface area (Å²) in [5.41, 5.74) is -0.130. The fourth-order valence-electron chi connectivity index (χ4n) is 1.79. The highest BCUT2D eigenvalue weighted by Crippen LogP contribution is 2.24. The van der Waals surface area contributed by atoms with Crippen molar-refractivity contribution in [1.29, 1.82) is 0 Å². The molecular weight excluding hydrogens is 343 g/mol. The van der Waals surface area contributed by atoms with Gasteiger partial charge in [-0.25, -0.2) is 4.39 Å². The van der Waals surface area contributed by atoms with Crippen molar-refractivity contribution >= 4 is 35.2 Å². The molecule has 0 aliphatic carbocycles. The minimum Gasteiger partial charge on any atom is -0.483 e. The van der Waals surface area contributed by atoms with E-state index in [0.29, 0.717) is 6.29 Å². The second-order valence-electron chi connectivity index (χ2n) is 4.56. The van der Waals surface area contributed by atoms with Crippen molar-refractivity contribution in [2.45, 2.75) is 0 Å². The standard InChI is InChI=1S/C15H10ClFN2O5/c16-12-6-10(17)1-3-13(12)18-15(21)8-24-14-4-2-11(19(22)23)5-9(14)7-20/h1-7H,8H2,(H,18,21). The largest absolute Gasteiger partial charge is 0.483 e. The van der Waals surface area contributed by atoms with Crippen molar-refractivity contribution in [3.63, 3.8) is 0 Å². The molecular formula is C15H10ClFN2O5. The molecule has 2 rings (SSSR count). The molecule has 0 aliphatic rings. The third-order valence-electron chi connectivity index (χ3n) is 2.90. The Morgan fingerprint density at radius 3 is 2.71 bits per heavy atom. The highest BCUT2D eigenvalue weighted by atomic mass is 35.5. The highest BCUT2D eigenvalue weighted by Gasteiger charge is 2.13. The van der Waals surface area contributed by atoms with Gasteiger partial charge in [0.05, 0.1) is 21.2 Å². The first-order valence-electron chi connectivity index (χ1n) is 6.52. The Hall–Kier alpha value is -3.00. The maximum Gasteiger partial charge on any atom is 0.270 e. The lowest BCUT2D eigenvalue weighted by molar-refractivity contribution is -0.384. The summed E-state index contributed by atoms with van der Waals surface area (Å²) < 4.78 is 18.1. The van der Waals surface area contributed by atoms with Crippen LogP contribution in [0.3, 0.4) is 0 Å². The van der Waals surface area contributed by atoms with Crippen LogP contribution in [0.1, 0.15) is 10.4 Å². The van der Waals surface area contributed by atoms with Crippen LogP contribution in [0.4, 0.5) is 15.8 Å². The Kier molecular flexibility index (Phi) is 5.43. The number of non-ortho nitro benzene ring substituents is 1. The highest BCUT2D eigenvalue weighted by molar-refractivity contribution is 6.33. The molecule has 0 radical (unpaired) electrons. The number of nitro groups is 1. The first-order valence-corrected chi connectivity index (χ1v) is 6.90. The van der Waals surface area contributed by atoms with Crippen molar-refractivity contribution in [2.75, 3.05) is 11.9 Å². The Morgan fingerprint density at radius 1 is 1.33 bits per heavy atom. The predicted octanol–water partition coefficient (Wildman–Crippen LogP) is 3.22. The minimum atomic E-state index is -0.653. The van der Waals surface area contributed by atoms with Crippen molar-refractivity contribution < 1.29 is 23.6 Å². The second kappa shape index (κ2) is 7.51. The quantitative estimate of drug-likeness (QED) is 0.489. The number of benzene rings is 2. The fourth-order valence-corrected chi connectivity index (χ4v) is 2.01. The van der Waals surface area contributed by atoms with Crippen LogP contribution in [0.2, 0.25) is 5.02 Å². The summed E-state index contributed by atoms with van der Waals surface area (Å²) in [6, 6.07) is 6.87. The number of anilines is 1. The topological polar surface area (TPSA) is 98.5 Å². The van der Waals surface area contributed by atoms with Gasteiger partial charge in [-0.2, -0.15) is 0 Å². The Morgan fingerprint density at radius 2 is 2.08 bits per heavy atom. The number of carbonyl (C=O) groups excluding carboxylic acids is 2. The zero-order valence-corrected chi connectivity index (χ0v) is 12.7. The van der Waals surface area contributed by atoms with Gasteiger partial charge in [-0.05, 0) is 24.3 Å². The molecule has 0 unspecified atom stereocenters. The van der Waals surface area contributed by atoms with Crippen LogP contribution in [0, 0.1) is 15.9 Å². The molecule has 124 valence electrons. The third-order valence-corrected chi connectivity index (χ3v) is 3.21. The van der Waals surface area contributed by atoms with E-state index in [-0.39, 0.29) is 27.7 Å². The number of nitro benzene ring substituents is 1. The van der Waals surface area contributed by atoms with Crippen LogP contribution in [-0.4, -0.2) is 23.7 Å². The molecule has 0 aliphatic heterocycles. The Bertz CT molecular complexity index is 812. The molecule has 0 bridgehead atoms. The summed E-state index contributed by atoms with van der Waals surface area (Å²) in [6.07, 6.45) is 0.386. The van der Waals surface area contributed by atoms with E-state index in [1.165, 1.54) is 12.1 Å². The molecule has 0 aromatic heterocycles. The number of aldehydes is 1. The van der Waals surface area contributed by atoms with Crippen LogP contribution in [-0.2, 0) is 4.79 Å². The summed E-state index contributed by atoms with van der Waals surface area (Å²) >= 11 is 5.78. The number of nitrogens with zero attached hydrogens (tertiary/aromatic N) is 1. The van der Waals surface area contributed by atoms with Crippen molar-refractivity contribution in [2.24, 2.45) is 0 Å². The number of rotatable bonds is 6. The van der Waals surface area contributed by atoms with Crippen molar-refractivity contribution in [3.05, 3.63) is 62.9 Å². The zero-order valence-electron chi connectivity index (χ0n) is 12.0. The molecule has 1 amide bonds. The Balaban J connectivity index is 2.03. The van der Waals surface area contributed by atoms with Gasteiger partial charge in [-0.3, -0.25) is 19.7 Å². The molecule has 7 nitrogen and oxygen atoms in total. The van der Waals surface area contributed by atoms with Crippen LogP contribution in [0.25, 0.3) is 0 Å². The lowest BCUT2D eigenvalue weighted by Gasteiger charge is -2.10. The van der Waals surface area contributed by atoms with E-state index in [2.05, 4.69) is 5.32 Å². The average Bonchev–Trinajstić information content (AvgIpc) is 2.55. The smallest absolute Gasteiger partial charge is 0.270 e. The van der Waals surface area contributed by atoms with Gasteiger partial charge in [0.15, 0.2) is 12.9 Å². The van der Waals surface area contributed by atoms with Crippen molar-refractivity contribution in [3.8, 4) is 5.75 Å². The van der Waals surface area contributed by atoms with E-state index in [0.717, 1.165) is 24.3 Å². The molecule has 2 aromatic carbocycles. The summed E-state index contributed by atoms with van der Waals surface area (Å²) in [6.45, 7) is -0.466. The third kappa shape index (κ3) is 4.26. The number of nitrogens with one attached hydrogen (secondary N) is 1. The van der Waals surface area contributed by atoms with Gasteiger partial charge < -0.3 is 10.1 Å². The lowest BCUT2D eigenvalue weighted by Crippen LogP contribution is -2.20. The Labute approximate surface area is 140 Å². The van der Waals surface area contributed by atoms with Gasteiger partial charge in [0.25, 0.3) is 11.6 Å². The number of carbonyl (C=O) groups is 2. The maximum absolute atomic E-state index is 12.9. The molecule has 0 fully saturated rings. The first-order chi connectivity index (χ1) is 11.4. The van der Waals surface area contributed by atoms with E-state index < -0.39 is 23.3 Å². The number of amides is 1. The predicted molar refractivity (Wildman–Crippen MR) is 84.0 cm³/mol. The first kappa shape index (κ1) is 17.4. The van der Waals surface area contributed by atoms with E-state index in [9.17, 15) is 24.1 Å². The van der Waals surface area contributed by atoms with Crippen LogP contribution in [0.5, 0.6) is 5.75 Å². The number of ether oxygens (including phenoxy) is 1. The van der Waals surface area contributed by atoms with Crippen LogP contribution >= 0.6 is 11.6 Å². The van der Waals surface area contributed by atoms with Gasteiger partial charge in [-0.15, -0.1) is 0 Å². The van der Waals surface area contributed by atoms with E-state index in [1.54, 1.807) is 0 Å². The second-order valence-corrected chi connectivity index (χ2v) is 4.97. The fraction of sp³-hybridized carbons (Fsp3) is 0.0667. The monoisotopic (exact) mass is 352 g/mol. The van der Waals surface area contributed by atoms with Crippen LogP contribution in [0.15, 0.2) is 36.4 Å². The summed E-state index contributed by atoms with van der Waals surface area (Å²) in [4.78, 5) is 32.8. The molecule has 1 N–H and O–H groups in total. The zero-order chi connectivity index (χ0) is 17.7. The van der Waals surface area contributed by atoms with Gasteiger partial charge >= 0.3 is 0 Å². The normalized spacial score (nSPS) is 10.1. The molecule has 0 spiro atoms. The molecule has 24 heavy (non-hydrogen) atoms. The van der Waals surface area contributed by atoms with Crippen molar-refractivity contribution in [1.82, 2.24) is 0 Å². The molecule has 2 aromatic rings. The summed E-state index contributed by atoms with van der Waals surface area (Å²) in [5, 5.41) is 13.1. The number of halogens is 2. The van der Waals surface area contributed by atoms with E-state index in [1.807, 2.05) is 0 Å². The van der Waals surface area contributed by atoms with Crippen LogP contribution < -0.4 is 10.1 Å². The maximum atomic E-state index is 12.9. The summed E-state index contributed by atoms with van der Waals surface area (Å²) in [5.74, 6) is -1.12. The van der Waals surface area contributed by atoms with E-state index in [4.69, 9.17) is 16.3 Å². The molecule has 0 atom stereocenters. The number of hydrogen-bond acceptors (Lipinski definition) is 5. The SMILES string of the molecule is O=Cc1cc([N+](=O)[O-])ccc1OCC(=O)Nc1ccc(F)cc1Cl. The molecule has 9 heteroatoms. The lowest BCUT2D eigenvalue weighted by atomic mass is 10.2. The van der Waals surface area contributed by atoms with Gasteiger partial charge in [0.2, 0.25) is 0 Å². The van der Waals surface area contributed by atoms with Gasteiger partial charge in [-0.1, -0.05) is 11.6 Å². The van der Waals surface area contributed by atoms with Gasteiger partial charge in [0.1, 0.15) is 11.6 Å².